The molecule has 0 aromatic heterocycles. The molecule has 0 bridgehead atoms. The molecule has 9 heteroatoms. The van der Waals surface area contributed by atoms with Gasteiger partial charge >= 0.3 is 0 Å². The maximum absolute atomic E-state index is 12.6. The Morgan fingerprint density at radius 1 is 1.03 bits per heavy atom. The molecular formula is C26H28N2O6S. The molecule has 1 aliphatic rings. The third kappa shape index (κ3) is 6.24. The van der Waals surface area contributed by atoms with Crippen molar-refractivity contribution < 1.29 is 27.4 Å². The fraction of sp³-hybridized carbons (Fsp3) is 0.269. The molecule has 4 rings (SSSR count). The van der Waals surface area contributed by atoms with E-state index in [4.69, 9.17) is 14.2 Å². The van der Waals surface area contributed by atoms with Crippen LogP contribution in [-0.4, -0.2) is 46.4 Å². The molecule has 0 aliphatic carbocycles. The molecule has 1 heterocycles. The van der Waals surface area contributed by atoms with Crippen LogP contribution in [0.5, 0.6) is 17.2 Å². The summed E-state index contributed by atoms with van der Waals surface area (Å²) < 4.78 is 43.2. The van der Waals surface area contributed by atoms with Crippen LogP contribution in [0.2, 0.25) is 0 Å². The van der Waals surface area contributed by atoms with Gasteiger partial charge in [0.05, 0.1) is 31.6 Å². The largest absolute Gasteiger partial charge is 0.494 e. The quantitative estimate of drug-likeness (QED) is 0.486. The lowest BCUT2D eigenvalue weighted by Gasteiger charge is -2.26. The molecule has 1 aliphatic heterocycles. The van der Waals surface area contributed by atoms with Gasteiger partial charge in [-0.05, 0) is 61.0 Å². The van der Waals surface area contributed by atoms with Crippen molar-refractivity contribution in [1.82, 2.24) is 5.32 Å². The predicted octanol–water partition coefficient (Wildman–Crippen LogP) is 3.62. The molecule has 1 amide bonds. The second-order valence-electron chi connectivity index (χ2n) is 8.10. The lowest BCUT2D eigenvalue weighted by molar-refractivity contribution is 0.0789. The summed E-state index contributed by atoms with van der Waals surface area (Å²) >= 11 is 0. The Morgan fingerprint density at radius 3 is 2.37 bits per heavy atom. The summed E-state index contributed by atoms with van der Waals surface area (Å²) in [5.41, 5.74) is 1.76. The molecule has 1 atom stereocenters. The van der Waals surface area contributed by atoms with E-state index in [9.17, 15) is 13.2 Å². The van der Waals surface area contributed by atoms with Gasteiger partial charge in [-0.2, -0.15) is 0 Å². The van der Waals surface area contributed by atoms with E-state index in [1.54, 1.807) is 48.5 Å². The van der Waals surface area contributed by atoms with Crippen LogP contribution in [0.1, 0.15) is 22.8 Å². The van der Waals surface area contributed by atoms with E-state index < -0.39 is 10.0 Å². The van der Waals surface area contributed by atoms with Crippen LogP contribution in [0.4, 0.5) is 5.69 Å². The van der Waals surface area contributed by atoms with Gasteiger partial charge in [0, 0.05) is 5.56 Å². The number of nitrogens with zero attached hydrogens (tertiary/aromatic N) is 1. The first-order chi connectivity index (χ1) is 16.8. The zero-order chi connectivity index (χ0) is 24.8. The molecule has 184 valence electrons. The Bertz CT molecular complexity index is 1260. The Morgan fingerprint density at radius 2 is 1.71 bits per heavy atom. The number of anilines is 1. The van der Waals surface area contributed by atoms with Crippen LogP contribution in [0, 0.1) is 0 Å². The van der Waals surface area contributed by atoms with Crippen molar-refractivity contribution in [3.8, 4) is 17.2 Å². The van der Waals surface area contributed by atoms with Crippen LogP contribution in [0.15, 0.2) is 72.8 Å². The summed E-state index contributed by atoms with van der Waals surface area (Å²) in [7, 11) is -3.52. The second-order valence-corrected chi connectivity index (χ2v) is 10.0. The van der Waals surface area contributed by atoms with Gasteiger partial charge in [0.2, 0.25) is 10.0 Å². The van der Waals surface area contributed by atoms with E-state index in [1.165, 1.54) is 10.6 Å². The second kappa shape index (κ2) is 10.7. The molecule has 3 aromatic rings. The molecular weight excluding hydrogens is 468 g/mol. The van der Waals surface area contributed by atoms with Crippen molar-refractivity contribution >= 4 is 21.6 Å². The number of carbonyl (C=O) groups excluding carboxylic acids is 1. The molecule has 0 spiro atoms. The van der Waals surface area contributed by atoms with Crippen LogP contribution >= 0.6 is 0 Å². The number of rotatable bonds is 9. The van der Waals surface area contributed by atoms with Gasteiger partial charge in [-0.25, -0.2) is 8.42 Å². The number of amides is 1. The first kappa shape index (κ1) is 24.4. The zero-order valence-electron chi connectivity index (χ0n) is 19.6. The molecule has 0 saturated carbocycles. The molecule has 1 N–H and O–H groups in total. The highest BCUT2D eigenvalue weighted by Gasteiger charge is 2.22. The first-order valence-corrected chi connectivity index (χ1v) is 13.1. The van der Waals surface area contributed by atoms with E-state index in [0.717, 1.165) is 5.56 Å². The normalized spacial score (nSPS) is 14.7. The molecule has 3 aromatic carbocycles. The molecule has 0 radical (unpaired) electrons. The summed E-state index contributed by atoms with van der Waals surface area (Å²) in [6.07, 6.45) is 0.881. The van der Waals surface area contributed by atoms with Crippen LogP contribution < -0.4 is 23.8 Å². The summed E-state index contributed by atoms with van der Waals surface area (Å²) in [6.45, 7) is 3.21. The SMILES string of the molecule is CCOc1ccc(N(Cc2ccc(C(=O)NCC3COc4ccccc4O3)cc2)S(C)(=O)=O)cc1. The molecule has 8 nitrogen and oxygen atoms in total. The Hall–Kier alpha value is -3.72. The predicted molar refractivity (Wildman–Crippen MR) is 134 cm³/mol. The van der Waals surface area contributed by atoms with Crippen molar-refractivity contribution in [2.24, 2.45) is 0 Å². The van der Waals surface area contributed by atoms with E-state index >= 15 is 0 Å². The Kier molecular flexibility index (Phi) is 7.45. The minimum absolute atomic E-state index is 0.140. The average molecular weight is 497 g/mol. The summed E-state index contributed by atoms with van der Waals surface area (Å²) in [5.74, 6) is 1.78. The van der Waals surface area contributed by atoms with Crippen molar-refractivity contribution in [2.75, 3.05) is 30.3 Å². The average Bonchev–Trinajstić information content (AvgIpc) is 2.86. The van der Waals surface area contributed by atoms with Gasteiger partial charge in [0.1, 0.15) is 18.5 Å². The monoisotopic (exact) mass is 496 g/mol. The molecule has 0 saturated heterocycles. The maximum Gasteiger partial charge on any atom is 0.251 e. The van der Waals surface area contributed by atoms with E-state index in [2.05, 4.69) is 5.32 Å². The minimum Gasteiger partial charge on any atom is -0.494 e. The smallest absolute Gasteiger partial charge is 0.251 e. The number of para-hydroxylation sites is 2. The number of hydrogen-bond acceptors (Lipinski definition) is 6. The van der Waals surface area contributed by atoms with Crippen LogP contribution in [0.3, 0.4) is 0 Å². The molecule has 1 unspecified atom stereocenters. The van der Waals surface area contributed by atoms with Crippen molar-refractivity contribution in [1.29, 1.82) is 0 Å². The number of nitrogens with one attached hydrogen (secondary N) is 1. The number of ether oxygens (including phenoxy) is 3. The van der Waals surface area contributed by atoms with Gasteiger partial charge in [-0.1, -0.05) is 24.3 Å². The van der Waals surface area contributed by atoms with Crippen LogP contribution in [-0.2, 0) is 16.6 Å². The standard InChI is InChI=1S/C26H28N2O6S/c1-3-32-22-14-12-21(13-15-22)28(35(2,30)31)17-19-8-10-20(11-9-19)26(29)27-16-23-18-33-24-6-4-5-7-25(24)34-23/h4-15,23H,3,16-18H2,1-2H3,(H,27,29). The fourth-order valence-electron chi connectivity index (χ4n) is 3.67. The van der Waals surface area contributed by atoms with Crippen LogP contribution in [0.25, 0.3) is 0 Å². The first-order valence-electron chi connectivity index (χ1n) is 11.3. The Labute approximate surface area is 205 Å². The van der Waals surface area contributed by atoms with Gasteiger partial charge in [-0.3, -0.25) is 9.10 Å². The van der Waals surface area contributed by atoms with Crippen molar-refractivity contribution in [2.45, 2.75) is 19.6 Å². The van der Waals surface area contributed by atoms with Gasteiger partial charge in [0.15, 0.2) is 11.5 Å². The highest BCUT2D eigenvalue weighted by Crippen LogP contribution is 2.30. The maximum atomic E-state index is 12.6. The highest BCUT2D eigenvalue weighted by molar-refractivity contribution is 7.92. The van der Waals surface area contributed by atoms with E-state index in [-0.39, 0.29) is 18.6 Å². The van der Waals surface area contributed by atoms with Gasteiger partial charge in [-0.15, -0.1) is 0 Å². The summed E-state index contributed by atoms with van der Waals surface area (Å²) in [4.78, 5) is 12.6. The third-order valence-corrected chi connectivity index (χ3v) is 6.58. The molecule has 0 fully saturated rings. The summed E-state index contributed by atoms with van der Waals surface area (Å²) in [5, 5.41) is 2.86. The van der Waals surface area contributed by atoms with Gasteiger partial charge in [0.25, 0.3) is 5.91 Å². The van der Waals surface area contributed by atoms with Crippen molar-refractivity contribution in [3.05, 3.63) is 83.9 Å². The molecule has 35 heavy (non-hydrogen) atoms. The topological polar surface area (TPSA) is 94.2 Å². The number of benzene rings is 3. The lowest BCUT2D eigenvalue weighted by Crippen LogP contribution is -2.40. The number of sulfonamides is 1. The third-order valence-electron chi connectivity index (χ3n) is 5.44. The Balaban J connectivity index is 1.37. The highest BCUT2D eigenvalue weighted by atomic mass is 32.2. The zero-order valence-corrected chi connectivity index (χ0v) is 20.5. The van der Waals surface area contributed by atoms with Gasteiger partial charge < -0.3 is 19.5 Å². The lowest BCUT2D eigenvalue weighted by atomic mass is 10.1. The van der Waals surface area contributed by atoms with E-state index in [0.29, 0.717) is 48.3 Å². The van der Waals surface area contributed by atoms with E-state index in [1.807, 2.05) is 31.2 Å². The summed E-state index contributed by atoms with van der Waals surface area (Å²) in [6, 6.07) is 21.2. The number of hydrogen-bond donors (Lipinski definition) is 1. The number of carbonyl (C=O) groups is 1. The number of fused-ring (bicyclic) bond motifs is 1. The van der Waals surface area contributed by atoms with Crippen molar-refractivity contribution in [3.63, 3.8) is 0 Å². The minimum atomic E-state index is -3.52. The fourth-order valence-corrected chi connectivity index (χ4v) is 4.56.